The number of aromatic nitrogens is 3. The summed E-state index contributed by atoms with van der Waals surface area (Å²) >= 11 is 0. The molecule has 0 saturated heterocycles. The number of fused-ring (bicyclic) bond motifs is 5. The number of benzene rings is 9. The van der Waals surface area contributed by atoms with Gasteiger partial charge < -0.3 is 9.47 Å². The predicted octanol–water partition coefficient (Wildman–Crippen LogP) is 16.0. The molecule has 0 saturated carbocycles. The smallest absolute Gasteiger partial charge is 0.0708 e. The van der Waals surface area contributed by atoms with Crippen molar-refractivity contribution in [3.8, 4) is 50.5 Å². The Bertz CT molecular complexity index is 3660. The number of pyridine rings is 2. The summed E-state index contributed by atoms with van der Waals surface area (Å²) in [5.41, 5.74) is 15.3. The fraction of sp³-hybridized carbons (Fsp3) is 0. The van der Waals surface area contributed by atoms with Crippen molar-refractivity contribution in [3.63, 3.8) is 0 Å². The van der Waals surface area contributed by atoms with E-state index in [1.807, 2.05) is 24.5 Å². The van der Waals surface area contributed by atoms with Crippen LogP contribution in [0.3, 0.4) is 0 Å². The van der Waals surface area contributed by atoms with Gasteiger partial charge in [-0.25, -0.2) is 0 Å². The van der Waals surface area contributed by atoms with E-state index in [-0.39, 0.29) is 0 Å². The number of nitrogens with zero attached hydrogens (tertiary/aromatic N) is 4. The lowest BCUT2D eigenvalue weighted by Crippen LogP contribution is -2.11. The van der Waals surface area contributed by atoms with E-state index in [1.165, 1.54) is 27.2 Å². The zero-order chi connectivity index (χ0) is 42.4. The minimum Gasteiger partial charge on any atom is -0.310 e. The number of para-hydroxylation sites is 3. The molecule has 0 unspecified atom stereocenters. The molecular formula is C60H40N4. The molecule has 9 aromatic carbocycles. The molecule has 0 spiro atoms. The van der Waals surface area contributed by atoms with Gasteiger partial charge in [-0.2, -0.15) is 0 Å². The Hall–Kier alpha value is -8.60. The lowest BCUT2D eigenvalue weighted by Gasteiger charge is -2.29. The third-order valence-electron chi connectivity index (χ3n) is 12.5. The van der Waals surface area contributed by atoms with Crippen molar-refractivity contribution in [1.82, 2.24) is 14.5 Å². The molecule has 0 aliphatic rings. The van der Waals surface area contributed by atoms with E-state index in [9.17, 15) is 0 Å². The van der Waals surface area contributed by atoms with Crippen molar-refractivity contribution < 1.29 is 0 Å². The lowest BCUT2D eigenvalue weighted by atomic mass is 9.82. The molecule has 12 rings (SSSR count). The van der Waals surface area contributed by atoms with Gasteiger partial charge in [0.05, 0.1) is 28.1 Å². The van der Waals surface area contributed by atoms with Crippen molar-refractivity contribution >= 4 is 60.4 Å². The van der Waals surface area contributed by atoms with Crippen LogP contribution >= 0.6 is 0 Å². The highest BCUT2D eigenvalue weighted by Gasteiger charge is 2.26. The van der Waals surface area contributed by atoms with Crippen LogP contribution in [-0.2, 0) is 0 Å². The molecular weight excluding hydrogens is 777 g/mol. The summed E-state index contributed by atoms with van der Waals surface area (Å²) in [7, 11) is 0. The number of rotatable bonds is 8. The summed E-state index contributed by atoms with van der Waals surface area (Å²) in [4.78, 5) is 12.2. The Morgan fingerprint density at radius 3 is 1.50 bits per heavy atom. The Kier molecular flexibility index (Phi) is 9.12. The second kappa shape index (κ2) is 15.7. The second-order valence-corrected chi connectivity index (χ2v) is 16.1. The Morgan fingerprint density at radius 2 is 0.844 bits per heavy atom. The molecule has 0 fully saturated rings. The minimum atomic E-state index is 0.928. The van der Waals surface area contributed by atoms with Gasteiger partial charge in [0.15, 0.2) is 0 Å². The Balaban J connectivity index is 1.23. The monoisotopic (exact) mass is 816 g/mol. The third-order valence-corrected chi connectivity index (χ3v) is 12.5. The van der Waals surface area contributed by atoms with E-state index >= 15 is 0 Å². The maximum Gasteiger partial charge on any atom is 0.0708 e. The highest BCUT2D eigenvalue weighted by Crippen LogP contribution is 2.52. The van der Waals surface area contributed by atoms with E-state index in [2.05, 4.69) is 228 Å². The molecule has 0 N–H and O–H groups in total. The quantitative estimate of drug-likeness (QED) is 0.143. The molecule has 0 atom stereocenters. The number of anilines is 3. The molecule has 3 heterocycles. The van der Waals surface area contributed by atoms with Gasteiger partial charge in [0.25, 0.3) is 0 Å². The van der Waals surface area contributed by atoms with Crippen molar-refractivity contribution in [1.29, 1.82) is 0 Å². The molecule has 0 radical (unpaired) electrons. The zero-order valence-corrected chi connectivity index (χ0v) is 34.9. The fourth-order valence-electron chi connectivity index (χ4n) is 9.82. The van der Waals surface area contributed by atoms with E-state index < -0.39 is 0 Å². The molecule has 0 aliphatic carbocycles. The second-order valence-electron chi connectivity index (χ2n) is 16.1. The van der Waals surface area contributed by atoms with Crippen molar-refractivity contribution in [2.45, 2.75) is 0 Å². The van der Waals surface area contributed by atoms with Gasteiger partial charge >= 0.3 is 0 Å². The highest BCUT2D eigenvalue weighted by atomic mass is 15.1. The van der Waals surface area contributed by atoms with Crippen LogP contribution in [0.1, 0.15) is 0 Å². The zero-order valence-electron chi connectivity index (χ0n) is 34.9. The Labute approximate surface area is 371 Å². The molecule has 3 aromatic heterocycles. The minimum absolute atomic E-state index is 0.928. The topological polar surface area (TPSA) is 34.0 Å². The number of hydrogen-bond acceptors (Lipinski definition) is 3. The van der Waals surface area contributed by atoms with Crippen LogP contribution in [0.2, 0.25) is 0 Å². The summed E-state index contributed by atoms with van der Waals surface area (Å²) in [5, 5.41) is 7.01. The highest BCUT2D eigenvalue weighted by molar-refractivity contribution is 6.27. The third kappa shape index (κ3) is 6.15. The van der Waals surface area contributed by atoms with Gasteiger partial charge in [0, 0.05) is 62.3 Å². The van der Waals surface area contributed by atoms with E-state index in [4.69, 9.17) is 9.97 Å². The van der Waals surface area contributed by atoms with Gasteiger partial charge in [-0.15, -0.1) is 0 Å². The molecule has 0 bridgehead atoms. The van der Waals surface area contributed by atoms with Crippen LogP contribution in [-0.4, -0.2) is 14.5 Å². The molecule has 64 heavy (non-hydrogen) atoms. The first-order chi connectivity index (χ1) is 31.8. The van der Waals surface area contributed by atoms with E-state index in [0.29, 0.717) is 0 Å². The standard InChI is InChI=1S/C60H40N4/c1-3-20-41(21-4-1)63(43-36-37-56-52(40-43)46-26-13-14-34-55(46)64(56)42-22-5-2-6-23-42)57-35-19-31-51-58(47-27-9-7-24-44(47)53-32-15-17-38-61-53)49-29-11-12-30-50(49)59(60(51)57)48-28-10-8-25-45(48)54-33-16-18-39-62-54/h1-40H. The van der Waals surface area contributed by atoms with Gasteiger partial charge in [-0.3, -0.25) is 9.97 Å². The molecule has 0 amide bonds. The maximum atomic E-state index is 4.92. The normalized spacial score (nSPS) is 11.4. The first kappa shape index (κ1) is 37.2. The predicted molar refractivity (Wildman–Crippen MR) is 268 cm³/mol. The molecule has 12 aromatic rings. The molecule has 300 valence electrons. The first-order valence-corrected chi connectivity index (χ1v) is 21.7. The van der Waals surface area contributed by atoms with Gasteiger partial charge in [-0.05, 0) is 112 Å². The van der Waals surface area contributed by atoms with Gasteiger partial charge in [0.1, 0.15) is 0 Å². The molecule has 4 heteroatoms. The van der Waals surface area contributed by atoms with Crippen LogP contribution in [0.15, 0.2) is 243 Å². The summed E-state index contributed by atoms with van der Waals surface area (Å²) in [6.45, 7) is 0. The summed E-state index contributed by atoms with van der Waals surface area (Å²) < 4.78 is 2.38. The first-order valence-electron chi connectivity index (χ1n) is 21.7. The van der Waals surface area contributed by atoms with Crippen LogP contribution in [0.5, 0.6) is 0 Å². The van der Waals surface area contributed by atoms with E-state index in [0.717, 1.165) is 83.6 Å². The maximum absolute atomic E-state index is 4.92. The molecule has 4 nitrogen and oxygen atoms in total. The van der Waals surface area contributed by atoms with Crippen LogP contribution in [0.4, 0.5) is 17.1 Å². The fourth-order valence-corrected chi connectivity index (χ4v) is 9.82. The average molecular weight is 817 g/mol. The summed E-state index contributed by atoms with van der Waals surface area (Å²) in [6.07, 6.45) is 3.76. The SMILES string of the molecule is c1ccc(N(c2ccc3c(c2)c2ccccc2n3-c2ccccc2)c2cccc3c(-c4ccccc4-c4ccccn4)c4ccccc4c(-c4ccccc4-c4ccccn4)c23)cc1. The average Bonchev–Trinajstić information content (AvgIpc) is 3.71. The van der Waals surface area contributed by atoms with Gasteiger partial charge in [0.2, 0.25) is 0 Å². The van der Waals surface area contributed by atoms with Crippen molar-refractivity contribution in [2.75, 3.05) is 4.90 Å². The van der Waals surface area contributed by atoms with Crippen LogP contribution in [0, 0.1) is 0 Å². The summed E-state index contributed by atoms with van der Waals surface area (Å²) in [5.74, 6) is 0. The largest absolute Gasteiger partial charge is 0.310 e. The van der Waals surface area contributed by atoms with E-state index in [1.54, 1.807) is 0 Å². The lowest BCUT2D eigenvalue weighted by molar-refractivity contribution is 1.18. The van der Waals surface area contributed by atoms with Crippen LogP contribution in [0.25, 0.3) is 93.8 Å². The molecule has 0 aliphatic heterocycles. The Morgan fingerprint density at radius 1 is 0.328 bits per heavy atom. The van der Waals surface area contributed by atoms with Crippen molar-refractivity contribution in [2.24, 2.45) is 0 Å². The van der Waals surface area contributed by atoms with Crippen molar-refractivity contribution in [3.05, 3.63) is 243 Å². The van der Waals surface area contributed by atoms with Crippen LogP contribution < -0.4 is 4.90 Å². The van der Waals surface area contributed by atoms with Gasteiger partial charge in [-0.1, -0.05) is 152 Å². The number of hydrogen-bond donors (Lipinski definition) is 0. The summed E-state index contributed by atoms with van der Waals surface area (Å²) in [6, 6.07) is 82.7.